The number of nitrogens with two attached hydrogens (primary N) is 2. The van der Waals surface area contributed by atoms with E-state index in [4.69, 9.17) is 20.9 Å². The highest BCUT2D eigenvalue weighted by molar-refractivity contribution is 5.68. The monoisotopic (exact) mass is 452 g/mol. The van der Waals surface area contributed by atoms with E-state index in [9.17, 15) is 0 Å². The highest BCUT2D eigenvalue weighted by atomic mass is 16.5. The van der Waals surface area contributed by atoms with Crippen LogP contribution in [0.5, 0.6) is 11.5 Å². The molecule has 0 saturated carbocycles. The number of anilines is 2. The number of hydrogen-bond acceptors (Lipinski definition) is 4. The van der Waals surface area contributed by atoms with Crippen LogP contribution in [0.2, 0.25) is 0 Å². The van der Waals surface area contributed by atoms with Crippen LogP contribution >= 0.6 is 0 Å². The van der Waals surface area contributed by atoms with Crippen molar-refractivity contribution >= 4 is 11.4 Å². The number of hydrogen-bond donors (Lipinski definition) is 2. The van der Waals surface area contributed by atoms with Gasteiger partial charge < -0.3 is 20.9 Å². The lowest BCUT2D eigenvalue weighted by molar-refractivity contribution is 0.392. The standard InChI is InChI=1S/C30H32N2O2/c1-19-15-24(28(33-4)17-26(19)31)30(3,25-16-20(2)27(32)18-29(25)34-5)23-13-11-22(12-14-23)21-9-7-6-8-10-21/h6-18H,31-32H2,1-5H3. The Morgan fingerprint density at radius 1 is 0.618 bits per heavy atom. The maximum Gasteiger partial charge on any atom is 0.125 e. The van der Waals surface area contributed by atoms with E-state index in [1.807, 2.05) is 32.0 Å². The van der Waals surface area contributed by atoms with Gasteiger partial charge >= 0.3 is 0 Å². The zero-order valence-electron chi connectivity index (χ0n) is 20.5. The molecule has 0 saturated heterocycles. The van der Waals surface area contributed by atoms with Crippen molar-refractivity contribution in [3.63, 3.8) is 0 Å². The molecule has 4 N–H and O–H groups in total. The molecule has 0 unspecified atom stereocenters. The van der Waals surface area contributed by atoms with Gasteiger partial charge in [0.2, 0.25) is 0 Å². The van der Waals surface area contributed by atoms with E-state index in [0.717, 1.165) is 44.9 Å². The molecule has 0 aliphatic heterocycles. The second-order valence-electron chi connectivity index (χ2n) is 8.89. The first-order valence-corrected chi connectivity index (χ1v) is 11.3. The van der Waals surface area contributed by atoms with Gasteiger partial charge in [0, 0.05) is 40.0 Å². The zero-order valence-corrected chi connectivity index (χ0v) is 20.5. The van der Waals surface area contributed by atoms with Crippen molar-refractivity contribution in [2.45, 2.75) is 26.2 Å². The second kappa shape index (κ2) is 9.14. The first-order valence-electron chi connectivity index (χ1n) is 11.3. The number of nitrogen functional groups attached to an aromatic ring is 2. The van der Waals surface area contributed by atoms with Gasteiger partial charge in [-0.15, -0.1) is 0 Å². The molecule has 174 valence electrons. The van der Waals surface area contributed by atoms with Crippen LogP contribution in [0, 0.1) is 13.8 Å². The largest absolute Gasteiger partial charge is 0.496 e. The third kappa shape index (κ3) is 3.96. The van der Waals surface area contributed by atoms with Gasteiger partial charge in [-0.2, -0.15) is 0 Å². The van der Waals surface area contributed by atoms with E-state index in [0.29, 0.717) is 11.4 Å². The fourth-order valence-corrected chi connectivity index (χ4v) is 4.61. The van der Waals surface area contributed by atoms with Gasteiger partial charge in [0.05, 0.1) is 14.2 Å². The molecule has 4 aromatic carbocycles. The van der Waals surface area contributed by atoms with E-state index < -0.39 is 5.41 Å². The first kappa shape index (κ1) is 23.2. The lowest BCUT2D eigenvalue weighted by atomic mass is 9.69. The summed E-state index contributed by atoms with van der Waals surface area (Å²) in [5.41, 5.74) is 20.8. The maximum atomic E-state index is 6.25. The maximum absolute atomic E-state index is 6.25. The van der Waals surface area contributed by atoms with Gasteiger partial charge in [-0.05, 0) is 60.7 Å². The smallest absolute Gasteiger partial charge is 0.125 e. The molecular formula is C30H32N2O2. The van der Waals surface area contributed by atoms with Crippen LogP contribution in [-0.2, 0) is 5.41 Å². The summed E-state index contributed by atoms with van der Waals surface area (Å²) in [5.74, 6) is 1.46. The minimum atomic E-state index is -0.594. The third-order valence-electron chi connectivity index (χ3n) is 6.82. The fraction of sp³-hybridized carbons (Fsp3) is 0.200. The summed E-state index contributed by atoms with van der Waals surface area (Å²) < 4.78 is 11.7. The second-order valence-corrected chi connectivity index (χ2v) is 8.89. The molecule has 4 aromatic rings. The molecule has 0 atom stereocenters. The molecule has 0 bridgehead atoms. The Morgan fingerprint density at radius 3 is 1.50 bits per heavy atom. The number of ether oxygens (including phenoxy) is 2. The van der Waals surface area contributed by atoms with E-state index >= 15 is 0 Å². The van der Waals surface area contributed by atoms with Crippen LogP contribution in [0.4, 0.5) is 11.4 Å². The van der Waals surface area contributed by atoms with Gasteiger partial charge in [-0.3, -0.25) is 0 Å². The number of rotatable bonds is 6. The highest BCUT2D eigenvalue weighted by Gasteiger charge is 2.37. The predicted molar refractivity (Wildman–Crippen MR) is 142 cm³/mol. The number of methoxy groups -OCH3 is 2. The first-order chi connectivity index (χ1) is 16.3. The molecule has 4 rings (SSSR count). The summed E-state index contributed by atoms with van der Waals surface area (Å²) in [6.45, 7) is 6.23. The van der Waals surface area contributed by atoms with Crippen LogP contribution in [0.15, 0.2) is 78.9 Å². The van der Waals surface area contributed by atoms with Crippen molar-refractivity contribution < 1.29 is 9.47 Å². The van der Waals surface area contributed by atoms with Crippen molar-refractivity contribution in [1.82, 2.24) is 0 Å². The lowest BCUT2D eigenvalue weighted by Crippen LogP contribution is -2.27. The van der Waals surface area contributed by atoms with Crippen molar-refractivity contribution in [2.75, 3.05) is 25.7 Å². The summed E-state index contributed by atoms with van der Waals surface area (Å²) in [4.78, 5) is 0. The molecule has 0 aliphatic rings. The molecule has 0 amide bonds. The normalized spacial score (nSPS) is 11.3. The van der Waals surface area contributed by atoms with Gasteiger partial charge in [0.25, 0.3) is 0 Å². The third-order valence-corrected chi connectivity index (χ3v) is 6.82. The molecule has 4 heteroatoms. The molecule has 0 heterocycles. The molecule has 0 fully saturated rings. The van der Waals surface area contributed by atoms with Crippen molar-refractivity contribution in [3.05, 3.63) is 107 Å². The Morgan fingerprint density at radius 2 is 1.06 bits per heavy atom. The molecule has 34 heavy (non-hydrogen) atoms. The van der Waals surface area contributed by atoms with Gasteiger partial charge in [0.15, 0.2) is 0 Å². The van der Waals surface area contributed by atoms with Gasteiger partial charge in [-0.1, -0.05) is 54.6 Å². The van der Waals surface area contributed by atoms with Crippen LogP contribution in [0.25, 0.3) is 11.1 Å². The number of benzene rings is 4. The average molecular weight is 453 g/mol. The van der Waals surface area contributed by atoms with Crippen molar-refractivity contribution in [2.24, 2.45) is 0 Å². The molecule has 0 aliphatic carbocycles. The molecule has 0 radical (unpaired) electrons. The van der Waals surface area contributed by atoms with Crippen LogP contribution < -0.4 is 20.9 Å². The Balaban J connectivity index is 2.01. The summed E-state index contributed by atoms with van der Waals surface area (Å²) in [7, 11) is 3.36. The Bertz CT molecular complexity index is 1250. The molecular weight excluding hydrogens is 420 g/mol. The Labute approximate surface area is 202 Å². The zero-order chi connectivity index (χ0) is 24.5. The predicted octanol–water partition coefficient (Wildman–Crippen LogP) is 6.51. The van der Waals surface area contributed by atoms with E-state index in [1.165, 1.54) is 5.56 Å². The molecule has 0 aromatic heterocycles. The van der Waals surface area contributed by atoms with Crippen LogP contribution in [0.1, 0.15) is 34.7 Å². The SMILES string of the molecule is COc1cc(N)c(C)cc1C(C)(c1ccc(-c2ccccc2)cc1)c1cc(C)c(N)cc1OC. The highest BCUT2D eigenvalue weighted by Crippen LogP contribution is 2.48. The van der Waals surface area contributed by atoms with E-state index in [1.54, 1.807) is 14.2 Å². The number of aryl methyl sites for hydroxylation is 2. The van der Waals surface area contributed by atoms with Gasteiger partial charge in [0.1, 0.15) is 11.5 Å². The summed E-state index contributed by atoms with van der Waals surface area (Å²) >= 11 is 0. The molecule has 0 spiro atoms. The Kier molecular flexibility index (Phi) is 6.25. The van der Waals surface area contributed by atoms with E-state index in [2.05, 4.69) is 67.6 Å². The quantitative estimate of drug-likeness (QED) is 0.258. The summed E-state index contributed by atoms with van der Waals surface area (Å²) in [6, 6.07) is 27.1. The fourth-order valence-electron chi connectivity index (χ4n) is 4.61. The lowest BCUT2D eigenvalue weighted by Gasteiger charge is -2.35. The van der Waals surface area contributed by atoms with Gasteiger partial charge in [-0.25, -0.2) is 0 Å². The minimum Gasteiger partial charge on any atom is -0.496 e. The molecule has 4 nitrogen and oxygen atoms in total. The summed E-state index contributed by atoms with van der Waals surface area (Å²) in [5, 5.41) is 0. The van der Waals surface area contributed by atoms with Crippen LogP contribution in [-0.4, -0.2) is 14.2 Å². The van der Waals surface area contributed by atoms with E-state index in [-0.39, 0.29) is 0 Å². The van der Waals surface area contributed by atoms with Crippen LogP contribution in [0.3, 0.4) is 0 Å². The van der Waals surface area contributed by atoms with Crippen molar-refractivity contribution in [3.8, 4) is 22.6 Å². The topological polar surface area (TPSA) is 70.5 Å². The minimum absolute atomic E-state index is 0.594. The average Bonchev–Trinajstić information content (AvgIpc) is 2.87. The Hall–Kier alpha value is -3.92. The van der Waals surface area contributed by atoms with Crippen molar-refractivity contribution in [1.29, 1.82) is 0 Å². The summed E-state index contributed by atoms with van der Waals surface area (Å²) in [6.07, 6.45) is 0.